The van der Waals surface area contributed by atoms with E-state index in [2.05, 4.69) is 4.98 Å². The fourth-order valence-corrected chi connectivity index (χ4v) is 1.56. The molecular weight excluding hydrogens is 196 g/mol. The maximum atomic E-state index is 11.7. The molecule has 0 amide bonds. The van der Waals surface area contributed by atoms with Crippen molar-refractivity contribution in [3.05, 3.63) is 30.1 Å². The number of carbonyl (C=O) groups is 1. The first-order valence-corrected chi connectivity index (χ1v) is 5.85. The van der Waals surface area contributed by atoms with Crippen LogP contribution in [0.3, 0.4) is 0 Å². The number of rotatable bonds is 5. The predicted molar refractivity (Wildman–Crippen MR) is 59.5 cm³/mol. The molecule has 0 aliphatic rings. The van der Waals surface area contributed by atoms with Gasteiger partial charge in [0.05, 0.1) is 6.04 Å². The molecule has 1 aromatic heterocycles. The molecule has 0 saturated heterocycles. The van der Waals surface area contributed by atoms with Gasteiger partial charge in [0.1, 0.15) is 5.69 Å². The van der Waals surface area contributed by atoms with Crippen LogP contribution in [-0.2, 0) is 0 Å². The van der Waals surface area contributed by atoms with Crippen molar-refractivity contribution in [2.24, 2.45) is 5.73 Å². The van der Waals surface area contributed by atoms with Crippen molar-refractivity contribution in [3.63, 3.8) is 0 Å². The molecule has 1 unspecified atom stereocenters. The van der Waals surface area contributed by atoms with Crippen molar-refractivity contribution in [3.8, 4) is 0 Å². The number of hydrogen-bond acceptors (Lipinski definition) is 4. The summed E-state index contributed by atoms with van der Waals surface area (Å²) in [5.41, 5.74) is 6.19. The highest BCUT2D eigenvalue weighted by molar-refractivity contribution is 7.98. The Hall–Kier alpha value is -0.870. The molecule has 4 heteroatoms. The lowest BCUT2D eigenvalue weighted by Crippen LogP contribution is -2.31. The van der Waals surface area contributed by atoms with Crippen molar-refractivity contribution in [1.29, 1.82) is 0 Å². The van der Waals surface area contributed by atoms with Crippen LogP contribution in [0, 0.1) is 0 Å². The van der Waals surface area contributed by atoms with E-state index in [1.54, 1.807) is 36.2 Å². The van der Waals surface area contributed by atoms with Crippen LogP contribution in [-0.4, -0.2) is 28.8 Å². The molecule has 76 valence electrons. The largest absolute Gasteiger partial charge is 0.321 e. The van der Waals surface area contributed by atoms with E-state index in [0.717, 1.165) is 5.75 Å². The van der Waals surface area contributed by atoms with Gasteiger partial charge in [-0.3, -0.25) is 9.78 Å². The number of hydrogen-bond donors (Lipinski definition) is 1. The molecule has 1 rings (SSSR count). The average Bonchev–Trinajstić information content (AvgIpc) is 2.26. The molecule has 0 aromatic carbocycles. The number of nitrogens with zero attached hydrogens (tertiary/aromatic N) is 1. The van der Waals surface area contributed by atoms with E-state index in [4.69, 9.17) is 5.73 Å². The summed E-state index contributed by atoms with van der Waals surface area (Å²) < 4.78 is 0. The Morgan fingerprint density at radius 2 is 2.43 bits per heavy atom. The Kier molecular flexibility index (Phi) is 4.62. The van der Waals surface area contributed by atoms with Crippen molar-refractivity contribution in [1.82, 2.24) is 4.98 Å². The van der Waals surface area contributed by atoms with Crippen LogP contribution in [0.1, 0.15) is 16.9 Å². The standard InChI is InChI=1S/C10H14N2OS/c1-14-7-5-8(11)10(13)9-4-2-3-6-12-9/h2-4,6,8H,5,7,11H2,1H3. The van der Waals surface area contributed by atoms with Gasteiger partial charge in [0.25, 0.3) is 0 Å². The van der Waals surface area contributed by atoms with Crippen LogP contribution in [0.15, 0.2) is 24.4 Å². The van der Waals surface area contributed by atoms with Crippen molar-refractivity contribution < 1.29 is 4.79 Å². The Morgan fingerprint density at radius 3 is 3.00 bits per heavy atom. The summed E-state index contributed by atoms with van der Waals surface area (Å²) in [7, 11) is 0. The van der Waals surface area contributed by atoms with E-state index < -0.39 is 6.04 Å². The van der Waals surface area contributed by atoms with Gasteiger partial charge in [-0.1, -0.05) is 6.07 Å². The molecule has 0 fully saturated rings. The van der Waals surface area contributed by atoms with Crippen LogP contribution in [0.4, 0.5) is 0 Å². The molecule has 14 heavy (non-hydrogen) atoms. The number of nitrogens with two attached hydrogens (primary N) is 1. The highest BCUT2D eigenvalue weighted by atomic mass is 32.2. The molecule has 2 N–H and O–H groups in total. The number of aromatic nitrogens is 1. The number of ketones is 1. The van der Waals surface area contributed by atoms with Gasteiger partial charge in [-0.05, 0) is 30.6 Å². The number of thioether (sulfide) groups is 1. The summed E-state index contributed by atoms with van der Waals surface area (Å²) in [6.45, 7) is 0. The lowest BCUT2D eigenvalue weighted by atomic mass is 10.1. The zero-order valence-electron chi connectivity index (χ0n) is 8.14. The fourth-order valence-electron chi connectivity index (χ4n) is 1.07. The average molecular weight is 210 g/mol. The van der Waals surface area contributed by atoms with Gasteiger partial charge in [0, 0.05) is 6.20 Å². The van der Waals surface area contributed by atoms with Gasteiger partial charge in [0.15, 0.2) is 5.78 Å². The van der Waals surface area contributed by atoms with E-state index in [-0.39, 0.29) is 5.78 Å². The van der Waals surface area contributed by atoms with Crippen molar-refractivity contribution in [2.45, 2.75) is 12.5 Å². The molecule has 1 atom stereocenters. The first kappa shape index (κ1) is 11.2. The summed E-state index contributed by atoms with van der Waals surface area (Å²) >= 11 is 1.69. The molecule has 0 aliphatic heterocycles. The first-order chi connectivity index (χ1) is 6.75. The normalized spacial score (nSPS) is 12.4. The summed E-state index contributed by atoms with van der Waals surface area (Å²) in [4.78, 5) is 15.6. The van der Waals surface area contributed by atoms with Gasteiger partial charge in [-0.25, -0.2) is 0 Å². The maximum absolute atomic E-state index is 11.7. The number of carbonyl (C=O) groups excluding carboxylic acids is 1. The maximum Gasteiger partial charge on any atom is 0.197 e. The minimum absolute atomic E-state index is 0.0698. The second-order valence-corrected chi connectivity index (χ2v) is 3.95. The van der Waals surface area contributed by atoms with E-state index in [0.29, 0.717) is 12.1 Å². The Morgan fingerprint density at radius 1 is 1.64 bits per heavy atom. The van der Waals surface area contributed by atoms with E-state index in [1.807, 2.05) is 6.26 Å². The van der Waals surface area contributed by atoms with Crippen LogP contribution >= 0.6 is 11.8 Å². The highest BCUT2D eigenvalue weighted by Gasteiger charge is 2.15. The van der Waals surface area contributed by atoms with Crippen LogP contribution in [0.2, 0.25) is 0 Å². The molecule has 0 radical (unpaired) electrons. The molecule has 1 aromatic rings. The Bertz CT molecular complexity index is 289. The minimum atomic E-state index is -0.419. The molecule has 1 heterocycles. The fraction of sp³-hybridized carbons (Fsp3) is 0.400. The van der Waals surface area contributed by atoms with Gasteiger partial charge < -0.3 is 5.73 Å². The van der Waals surface area contributed by atoms with Gasteiger partial charge in [-0.15, -0.1) is 0 Å². The second kappa shape index (κ2) is 5.78. The van der Waals surface area contributed by atoms with Crippen LogP contribution in [0.5, 0.6) is 0 Å². The molecule has 3 nitrogen and oxygen atoms in total. The minimum Gasteiger partial charge on any atom is -0.321 e. The number of pyridine rings is 1. The van der Waals surface area contributed by atoms with E-state index in [9.17, 15) is 4.79 Å². The van der Waals surface area contributed by atoms with Gasteiger partial charge in [0.2, 0.25) is 0 Å². The number of Topliss-reactive ketones (excluding diaryl/α,β-unsaturated/α-hetero) is 1. The second-order valence-electron chi connectivity index (χ2n) is 2.97. The van der Waals surface area contributed by atoms with Crippen LogP contribution < -0.4 is 5.73 Å². The zero-order chi connectivity index (χ0) is 10.4. The lowest BCUT2D eigenvalue weighted by molar-refractivity contribution is 0.0955. The van der Waals surface area contributed by atoms with E-state index >= 15 is 0 Å². The van der Waals surface area contributed by atoms with Crippen molar-refractivity contribution in [2.75, 3.05) is 12.0 Å². The topological polar surface area (TPSA) is 56.0 Å². The molecule has 0 saturated carbocycles. The molecular formula is C10H14N2OS. The summed E-state index contributed by atoms with van der Waals surface area (Å²) in [5, 5.41) is 0. The van der Waals surface area contributed by atoms with E-state index in [1.165, 1.54) is 0 Å². The molecule has 0 aliphatic carbocycles. The molecule has 0 spiro atoms. The van der Waals surface area contributed by atoms with Gasteiger partial charge in [-0.2, -0.15) is 11.8 Å². The summed E-state index contributed by atoms with van der Waals surface area (Å²) in [6, 6.07) is 4.85. The smallest absolute Gasteiger partial charge is 0.197 e. The van der Waals surface area contributed by atoms with Gasteiger partial charge >= 0.3 is 0 Å². The SMILES string of the molecule is CSCCC(N)C(=O)c1ccccn1. The summed E-state index contributed by atoms with van der Waals surface area (Å²) in [6.07, 6.45) is 4.31. The molecule has 0 bridgehead atoms. The quantitative estimate of drug-likeness (QED) is 0.745. The van der Waals surface area contributed by atoms with Crippen molar-refractivity contribution >= 4 is 17.5 Å². The predicted octanol–water partition coefficient (Wildman–Crippen LogP) is 1.34. The Balaban J connectivity index is 2.57. The third-order valence-electron chi connectivity index (χ3n) is 1.89. The summed E-state index contributed by atoms with van der Waals surface area (Å²) in [5.74, 6) is 0.833. The first-order valence-electron chi connectivity index (χ1n) is 4.45. The highest BCUT2D eigenvalue weighted by Crippen LogP contribution is 2.04. The Labute approximate surface area is 88.1 Å². The third kappa shape index (κ3) is 3.12. The van der Waals surface area contributed by atoms with Crippen LogP contribution in [0.25, 0.3) is 0 Å². The monoisotopic (exact) mass is 210 g/mol. The third-order valence-corrected chi connectivity index (χ3v) is 2.53. The zero-order valence-corrected chi connectivity index (χ0v) is 8.96. The lowest BCUT2D eigenvalue weighted by Gasteiger charge is -2.08.